The fourth-order valence-electron chi connectivity index (χ4n) is 6.10. The van der Waals surface area contributed by atoms with Crippen LogP contribution in [-0.2, 0) is 16.0 Å². The van der Waals surface area contributed by atoms with Gasteiger partial charge in [0, 0.05) is 36.3 Å². The summed E-state index contributed by atoms with van der Waals surface area (Å²) < 4.78 is 0. The molecule has 1 unspecified atom stereocenters. The van der Waals surface area contributed by atoms with E-state index >= 15 is 0 Å². The number of primary amides is 1. The lowest BCUT2D eigenvalue weighted by Crippen LogP contribution is -2.43. The average molecular weight is 465 g/mol. The number of fused-ring (bicyclic) bond motifs is 3. The van der Waals surface area contributed by atoms with E-state index in [1.807, 2.05) is 24.0 Å². The van der Waals surface area contributed by atoms with Gasteiger partial charge in [0.05, 0.1) is 5.92 Å². The second-order valence-corrected chi connectivity index (χ2v) is 9.71. The Bertz CT molecular complexity index is 1210. The molecule has 0 aromatic heterocycles. The molecule has 0 radical (unpaired) electrons. The number of nitrogens with two attached hydrogens (primary N) is 1. The number of nitrogens with one attached hydrogen (secondary N) is 2. The second-order valence-electron chi connectivity index (χ2n) is 9.71. The minimum absolute atomic E-state index is 0.0437. The number of aliphatic hydroxyl groups excluding tert-OH is 2. The largest absolute Gasteiger partial charge is 0.511 e. The summed E-state index contributed by atoms with van der Waals surface area (Å²) >= 11 is 0. The first-order valence-electron chi connectivity index (χ1n) is 11.7. The Morgan fingerprint density at radius 1 is 1.18 bits per heavy atom. The SMILES string of the molecule is Cc1ccc(NC(=N)N2CCCC2)c2c1C(=O)C1=C(O)C3C(=O)C(C(N)=O)=C(O)C[C@@H]3C[C@@H]1C2. The lowest BCUT2D eigenvalue weighted by molar-refractivity contribution is -0.126. The van der Waals surface area contributed by atoms with Crippen LogP contribution >= 0.6 is 0 Å². The van der Waals surface area contributed by atoms with Gasteiger partial charge in [0.15, 0.2) is 17.5 Å². The molecule has 1 saturated heterocycles. The summed E-state index contributed by atoms with van der Waals surface area (Å²) in [5, 5.41) is 33.0. The van der Waals surface area contributed by atoms with Crippen molar-refractivity contribution < 1.29 is 24.6 Å². The van der Waals surface area contributed by atoms with E-state index in [0.717, 1.165) is 37.1 Å². The zero-order valence-electron chi connectivity index (χ0n) is 19.0. The predicted molar refractivity (Wildman–Crippen MR) is 125 cm³/mol. The molecule has 1 heterocycles. The van der Waals surface area contributed by atoms with Crippen molar-refractivity contribution in [2.75, 3.05) is 18.4 Å². The molecular formula is C25H28N4O5. The summed E-state index contributed by atoms with van der Waals surface area (Å²) in [5.74, 6) is -4.27. The number of ketones is 2. The Morgan fingerprint density at radius 3 is 2.56 bits per heavy atom. The van der Waals surface area contributed by atoms with Crippen LogP contribution in [0.4, 0.5) is 5.69 Å². The molecule has 5 rings (SSSR count). The third-order valence-corrected chi connectivity index (χ3v) is 7.68. The van der Waals surface area contributed by atoms with Crippen molar-refractivity contribution in [3.63, 3.8) is 0 Å². The summed E-state index contributed by atoms with van der Waals surface area (Å²) in [6.45, 7) is 3.47. The van der Waals surface area contributed by atoms with Crippen molar-refractivity contribution in [1.82, 2.24) is 4.90 Å². The van der Waals surface area contributed by atoms with Gasteiger partial charge in [-0.25, -0.2) is 0 Å². The number of benzene rings is 1. The van der Waals surface area contributed by atoms with Gasteiger partial charge in [0.25, 0.3) is 5.91 Å². The van der Waals surface area contributed by atoms with Crippen molar-refractivity contribution in [1.29, 1.82) is 5.41 Å². The monoisotopic (exact) mass is 464 g/mol. The highest BCUT2D eigenvalue weighted by Gasteiger charge is 2.50. The van der Waals surface area contributed by atoms with Gasteiger partial charge >= 0.3 is 0 Å². The number of aliphatic hydroxyl groups is 2. The maximum absolute atomic E-state index is 13.7. The Kier molecular flexibility index (Phi) is 5.22. The molecule has 0 saturated carbocycles. The smallest absolute Gasteiger partial charge is 0.255 e. The maximum atomic E-state index is 13.7. The second kappa shape index (κ2) is 8.00. The van der Waals surface area contributed by atoms with Crippen molar-refractivity contribution in [2.45, 2.75) is 39.0 Å². The lowest BCUT2D eigenvalue weighted by atomic mass is 9.62. The van der Waals surface area contributed by atoms with Gasteiger partial charge in [0.1, 0.15) is 17.1 Å². The van der Waals surface area contributed by atoms with Crippen LogP contribution in [0.3, 0.4) is 0 Å². The van der Waals surface area contributed by atoms with Crippen LogP contribution in [0, 0.1) is 30.1 Å². The van der Waals surface area contributed by atoms with Gasteiger partial charge in [0.2, 0.25) is 0 Å². The molecule has 1 amide bonds. The number of anilines is 1. The van der Waals surface area contributed by atoms with Crippen LogP contribution in [-0.4, -0.2) is 51.6 Å². The highest BCUT2D eigenvalue weighted by molar-refractivity contribution is 6.22. The number of carbonyl (C=O) groups excluding carboxylic acids is 3. The molecule has 34 heavy (non-hydrogen) atoms. The van der Waals surface area contributed by atoms with E-state index in [2.05, 4.69) is 5.32 Å². The van der Waals surface area contributed by atoms with E-state index in [9.17, 15) is 24.6 Å². The Balaban J connectivity index is 1.54. The van der Waals surface area contributed by atoms with Gasteiger partial charge in [-0.3, -0.25) is 19.8 Å². The van der Waals surface area contributed by atoms with Crippen LogP contribution in [0.15, 0.2) is 34.8 Å². The molecule has 4 aliphatic rings. The Morgan fingerprint density at radius 2 is 1.88 bits per heavy atom. The number of rotatable bonds is 2. The van der Waals surface area contributed by atoms with Crippen LogP contribution in [0.2, 0.25) is 0 Å². The molecule has 9 nitrogen and oxygen atoms in total. The Labute approximate surface area is 196 Å². The molecule has 3 aliphatic carbocycles. The van der Waals surface area contributed by atoms with Crippen molar-refractivity contribution in [2.24, 2.45) is 23.5 Å². The molecule has 1 aromatic rings. The first-order valence-corrected chi connectivity index (χ1v) is 11.7. The van der Waals surface area contributed by atoms with Gasteiger partial charge in [-0.05, 0) is 61.6 Å². The normalized spacial score (nSPS) is 26.3. The van der Waals surface area contributed by atoms with Gasteiger partial charge in [-0.15, -0.1) is 0 Å². The van der Waals surface area contributed by atoms with E-state index in [-0.39, 0.29) is 35.2 Å². The minimum Gasteiger partial charge on any atom is -0.511 e. The van der Waals surface area contributed by atoms with E-state index in [1.165, 1.54) is 0 Å². The fourth-order valence-corrected chi connectivity index (χ4v) is 6.10. The van der Waals surface area contributed by atoms with E-state index in [4.69, 9.17) is 11.1 Å². The fraction of sp³-hybridized carbons (Fsp3) is 0.440. The van der Waals surface area contributed by atoms with Crippen molar-refractivity contribution >= 4 is 29.1 Å². The standard InChI is InChI=1S/C25H28N4O5/c1-11-4-5-15(28-25(27)29-6-2-3-7-29)14-9-12-8-13-10-16(30)20(24(26)34)23(33)19(13)22(32)18(12)21(31)17(11)14/h4-5,12-13,19,30,32H,2-3,6-10H2,1H3,(H2,26,34)(H2,27,28)/t12-,13+,19?/m1/s1. The molecule has 9 heteroatoms. The summed E-state index contributed by atoms with van der Waals surface area (Å²) in [6.07, 6.45) is 3.01. The number of guanidine groups is 1. The number of allylic oxidation sites excluding steroid dienone is 3. The lowest BCUT2D eigenvalue weighted by Gasteiger charge is -2.41. The molecule has 0 spiro atoms. The first-order chi connectivity index (χ1) is 16.2. The highest BCUT2D eigenvalue weighted by atomic mass is 16.3. The first kappa shape index (κ1) is 22.2. The summed E-state index contributed by atoms with van der Waals surface area (Å²) in [6, 6.07) is 3.70. The quantitative estimate of drug-likeness (QED) is 0.256. The van der Waals surface area contributed by atoms with E-state index < -0.39 is 29.1 Å². The van der Waals surface area contributed by atoms with Gasteiger partial charge < -0.3 is 26.2 Å². The molecule has 1 fully saturated rings. The maximum Gasteiger partial charge on any atom is 0.255 e. The number of Topliss-reactive ketones (excluding diaryl/α,β-unsaturated/α-hetero) is 2. The van der Waals surface area contributed by atoms with Crippen molar-refractivity contribution in [3.8, 4) is 0 Å². The molecule has 3 atom stereocenters. The zero-order chi connectivity index (χ0) is 24.3. The number of hydrogen-bond acceptors (Lipinski definition) is 6. The molecule has 6 N–H and O–H groups in total. The van der Waals surface area contributed by atoms with Crippen molar-refractivity contribution in [3.05, 3.63) is 51.5 Å². The van der Waals surface area contributed by atoms with Gasteiger partial charge in [-0.1, -0.05) is 6.07 Å². The number of amides is 1. The van der Waals surface area contributed by atoms with Crippen LogP contribution < -0.4 is 11.1 Å². The predicted octanol–water partition coefficient (Wildman–Crippen LogP) is 2.51. The minimum atomic E-state index is -1.06. The van der Waals surface area contributed by atoms with Crippen LogP contribution in [0.25, 0.3) is 0 Å². The topological polar surface area (TPSA) is 157 Å². The third-order valence-electron chi connectivity index (χ3n) is 7.68. The van der Waals surface area contributed by atoms with Crippen LogP contribution in [0.1, 0.15) is 47.2 Å². The zero-order valence-corrected chi connectivity index (χ0v) is 19.0. The molecule has 178 valence electrons. The Hall–Kier alpha value is -3.62. The summed E-state index contributed by atoms with van der Waals surface area (Å²) in [5.41, 5.74) is 7.74. The number of aryl methyl sites for hydroxylation is 1. The number of hydrogen-bond donors (Lipinski definition) is 5. The van der Waals surface area contributed by atoms with Gasteiger partial charge in [-0.2, -0.15) is 0 Å². The molecule has 0 bridgehead atoms. The molecular weight excluding hydrogens is 436 g/mol. The molecule has 1 aromatic carbocycles. The summed E-state index contributed by atoms with van der Waals surface area (Å²) in [4.78, 5) is 40.3. The highest BCUT2D eigenvalue weighted by Crippen LogP contribution is 2.49. The number of carbonyl (C=O) groups is 3. The van der Waals surface area contributed by atoms with E-state index in [0.29, 0.717) is 30.1 Å². The van der Waals surface area contributed by atoms with E-state index in [1.54, 1.807) is 0 Å². The molecule has 1 aliphatic heterocycles. The third kappa shape index (κ3) is 3.29. The number of nitrogens with zero attached hydrogens (tertiary/aromatic N) is 1. The number of likely N-dealkylation sites (tertiary alicyclic amines) is 1. The average Bonchev–Trinajstić information content (AvgIpc) is 3.30. The van der Waals surface area contributed by atoms with Crippen LogP contribution in [0.5, 0.6) is 0 Å². The summed E-state index contributed by atoms with van der Waals surface area (Å²) in [7, 11) is 0.